The maximum atomic E-state index is 4.52. The van der Waals surface area contributed by atoms with E-state index in [0.717, 1.165) is 12.5 Å². The second-order valence-electron chi connectivity index (χ2n) is 7.57. The van der Waals surface area contributed by atoms with Gasteiger partial charge >= 0.3 is 0 Å². The van der Waals surface area contributed by atoms with Gasteiger partial charge < -0.3 is 15.1 Å². The highest BCUT2D eigenvalue weighted by atomic mass is 127. The van der Waals surface area contributed by atoms with Crippen LogP contribution < -0.4 is 5.32 Å². The Morgan fingerprint density at radius 3 is 2.41 bits per heavy atom. The Bertz CT molecular complexity index is 375. The number of rotatable bonds is 4. The van der Waals surface area contributed by atoms with Crippen molar-refractivity contribution in [3.8, 4) is 0 Å². The number of nitrogens with zero attached hydrogens (tertiary/aromatic N) is 3. The molecule has 0 amide bonds. The van der Waals surface area contributed by atoms with Gasteiger partial charge in [0.25, 0.3) is 0 Å². The van der Waals surface area contributed by atoms with Gasteiger partial charge in [0.05, 0.1) is 0 Å². The van der Waals surface area contributed by atoms with E-state index in [2.05, 4.69) is 27.0 Å². The zero-order valence-corrected chi connectivity index (χ0v) is 16.6. The van der Waals surface area contributed by atoms with Gasteiger partial charge in [-0.3, -0.25) is 4.99 Å². The van der Waals surface area contributed by atoms with Gasteiger partial charge in [-0.2, -0.15) is 0 Å². The minimum absolute atomic E-state index is 0. The summed E-state index contributed by atoms with van der Waals surface area (Å²) >= 11 is 0. The van der Waals surface area contributed by atoms with Crippen molar-refractivity contribution in [3.05, 3.63) is 0 Å². The van der Waals surface area contributed by atoms with Crippen LogP contribution in [0.4, 0.5) is 0 Å². The van der Waals surface area contributed by atoms with Crippen molar-refractivity contribution < 1.29 is 0 Å². The summed E-state index contributed by atoms with van der Waals surface area (Å²) in [5, 5.41) is 3.62. The number of guanidine groups is 1. The standard InChI is InChI=1S/C17H32N4.HI/c1-15(13-20-9-3-4-10-20)12-19-16(18-2)21-11-8-17(14-21)6-5-7-17;/h15H,3-14H2,1-2H3,(H,18,19);1H. The topological polar surface area (TPSA) is 30.9 Å². The zero-order valence-electron chi connectivity index (χ0n) is 14.3. The number of hydrogen-bond donors (Lipinski definition) is 1. The van der Waals surface area contributed by atoms with Crippen LogP contribution in [-0.2, 0) is 0 Å². The van der Waals surface area contributed by atoms with E-state index in [4.69, 9.17) is 0 Å². The minimum atomic E-state index is 0. The van der Waals surface area contributed by atoms with E-state index in [1.807, 2.05) is 7.05 Å². The smallest absolute Gasteiger partial charge is 0.193 e. The van der Waals surface area contributed by atoms with E-state index in [-0.39, 0.29) is 24.0 Å². The van der Waals surface area contributed by atoms with E-state index in [9.17, 15) is 0 Å². The van der Waals surface area contributed by atoms with Gasteiger partial charge in [-0.25, -0.2) is 0 Å². The maximum Gasteiger partial charge on any atom is 0.193 e. The molecule has 22 heavy (non-hydrogen) atoms. The second-order valence-corrected chi connectivity index (χ2v) is 7.57. The number of aliphatic imine (C=N–C) groups is 1. The van der Waals surface area contributed by atoms with E-state index < -0.39 is 0 Å². The second kappa shape index (κ2) is 8.18. The average molecular weight is 420 g/mol. The van der Waals surface area contributed by atoms with Crippen LogP contribution in [0.15, 0.2) is 4.99 Å². The predicted molar refractivity (Wildman–Crippen MR) is 104 cm³/mol. The molecule has 3 aliphatic rings. The monoisotopic (exact) mass is 420 g/mol. The highest BCUT2D eigenvalue weighted by Crippen LogP contribution is 2.47. The van der Waals surface area contributed by atoms with Gasteiger partial charge in [0.1, 0.15) is 0 Å². The Labute approximate surface area is 153 Å². The van der Waals surface area contributed by atoms with Crippen molar-refractivity contribution in [2.24, 2.45) is 16.3 Å². The third kappa shape index (κ3) is 4.28. The highest BCUT2D eigenvalue weighted by Gasteiger charge is 2.43. The molecular formula is C17H33IN4. The molecule has 1 N–H and O–H groups in total. The molecule has 3 fully saturated rings. The summed E-state index contributed by atoms with van der Waals surface area (Å²) in [6, 6.07) is 0. The van der Waals surface area contributed by atoms with Crippen molar-refractivity contribution in [3.63, 3.8) is 0 Å². The molecule has 1 atom stereocenters. The van der Waals surface area contributed by atoms with Crippen LogP contribution in [-0.4, -0.2) is 62.1 Å². The van der Waals surface area contributed by atoms with Crippen molar-refractivity contribution in [2.75, 3.05) is 46.3 Å². The summed E-state index contributed by atoms with van der Waals surface area (Å²) in [5.74, 6) is 1.83. The van der Waals surface area contributed by atoms with Crippen LogP contribution in [0.1, 0.15) is 45.4 Å². The molecular weight excluding hydrogens is 387 g/mol. The molecule has 3 rings (SSSR count). The van der Waals surface area contributed by atoms with Gasteiger partial charge in [0, 0.05) is 33.2 Å². The van der Waals surface area contributed by atoms with Crippen LogP contribution in [0.25, 0.3) is 0 Å². The average Bonchev–Trinajstić information content (AvgIpc) is 3.08. The van der Waals surface area contributed by atoms with E-state index in [1.54, 1.807) is 0 Å². The quantitative estimate of drug-likeness (QED) is 0.431. The molecule has 2 saturated heterocycles. The van der Waals surface area contributed by atoms with Crippen LogP contribution in [0.5, 0.6) is 0 Å². The molecule has 1 aliphatic carbocycles. The Morgan fingerprint density at radius 1 is 1.14 bits per heavy atom. The molecule has 1 saturated carbocycles. The highest BCUT2D eigenvalue weighted by molar-refractivity contribution is 14.0. The van der Waals surface area contributed by atoms with Crippen molar-refractivity contribution in [1.82, 2.24) is 15.1 Å². The summed E-state index contributed by atoms with van der Waals surface area (Å²) < 4.78 is 0. The van der Waals surface area contributed by atoms with Gasteiger partial charge in [-0.05, 0) is 56.5 Å². The fourth-order valence-electron chi connectivity index (χ4n) is 4.27. The Morgan fingerprint density at radius 2 is 1.86 bits per heavy atom. The number of nitrogens with one attached hydrogen (secondary N) is 1. The molecule has 0 aromatic carbocycles. The molecule has 0 radical (unpaired) electrons. The zero-order chi connectivity index (χ0) is 14.7. The number of halogens is 1. The first-order valence-corrected chi connectivity index (χ1v) is 8.89. The third-order valence-electron chi connectivity index (χ3n) is 5.74. The fraction of sp³-hybridized carbons (Fsp3) is 0.941. The largest absolute Gasteiger partial charge is 0.356 e. The lowest BCUT2D eigenvalue weighted by molar-refractivity contribution is 0.151. The Kier molecular flexibility index (Phi) is 6.80. The lowest BCUT2D eigenvalue weighted by atomic mass is 9.68. The molecule has 1 unspecified atom stereocenters. The van der Waals surface area contributed by atoms with Gasteiger partial charge in [0.15, 0.2) is 5.96 Å². The van der Waals surface area contributed by atoms with Crippen LogP contribution in [0.2, 0.25) is 0 Å². The predicted octanol–water partition coefficient (Wildman–Crippen LogP) is 2.79. The number of likely N-dealkylation sites (tertiary alicyclic amines) is 2. The molecule has 0 aromatic heterocycles. The first-order chi connectivity index (χ1) is 10.2. The molecule has 4 nitrogen and oxygen atoms in total. The Balaban J connectivity index is 0.00000176. The third-order valence-corrected chi connectivity index (χ3v) is 5.74. The molecule has 128 valence electrons. The molecule has 2 aliphatic heterocycles. The summed E-state index contributed by atoms with van der Waals surface area (Å²) in [5.41, 5.74) is 0.652. The van der Waals surface area contributed by atoms with Crippen LogP contribution in [0, 0.1) is 11.3 Å². The van der Waals surface area contributed by atoms with E-state index >= 15 is 0 Å². The van der Waals surface area contributed by atoms with E-state index in [1.165, 1.54) is 71.2 Å². The normalized spacial score (nSPS) is 25.9. The van der Waals surface area contributed by atoms with Crippen molar-refractivity contribution in [1.29, 1.82) is 0 Å². The summed E-state index contributed by atoms with van der Waals surface area (Å²) in [6.07, 6.45) is 8.46. The Hall–Kier alpha value is -0.0400. The maximum absolute atomic E-state index is 4.52. The molecule has 5 heteroatoms. The summed E-state index contributed by atoms with van der Waals surface area (Å²) in [6.45, 7) is 9.66. The molecule has 1 spiro atoms. The SMILES string of the molecule is CN=C(NCC(C)CN1CCCC1)N1CCC2(CCC2)C1.I. The molecule has 0 bridgehead atoms. The van der Waals surface area contributed by atoms with Gasteiger partial charge in [-0.15, -0.1) is 24.0 Å². The number of hydrogen-bond acceptors (Lipinski definition) is 2. The minimum Gasteiger partial charge on any atom is -0.356 e. The van der Waals surface area contributed by atoms with Crippen LogP contribution >= 0.6 is 24.0 Å². The van der Waals surface area contributed by atoms with Gasteiger partial charge in [-0.1, -0.05) is 13.3 Å². The van der Waals surface area contributed by atoms with Gasteiger partial charge in [0.2, 0.25) is 0 Å². The first kappa shape index (κ1) is 18.3. The molecule has 2 heterocycles. The lowest BCUT2D eigenvalue weighted by Gasteiger charge is -2.38. The summed E-state index contributed by atoms with van der Waals surface area (Å²) in [7, 11) is 1.93. The first-order valence-electron chi connectivity index (χ1n) is 8.89. The fourth-order valence-corrected chi connectivity index (χ4v) is 4.27. The van der Waals surface area contributed by atoms with Crippen LogP contribution in [0.3, 0.4) is 0 Å². The van der Waals surface area contributed by atoms with Crippen molar-refractivity contribution in [2.45, 2.75) is 45.4 Å². The summed E-state index contributed by atoms with van der Waals surface area (Å²) in [4.78, 5) is 9.61. The van der Waals surface area contributed by atoms with Crippen molar-refractivity contribution >= 4 is 29.9 Å². The lowest BCUT2D eigenvalue weighted by Crippen LogP contribution is -2.44. The van der Waals surface area contributed by atoms with E-state index in [0.29, 0.717) is 11.3 Å². The molecule has 0 aromatic rings.